The topological polar surface area (TPSA) is 30.7 Å². The van der Waals surface area contributed by atoms with Crippen LogP contribution in [-0.4, -0.2) is 14.8 Å². The Morgan fingerprint density at radius 2 is 2.18 bits per heavy atom. The Morgan fingerprint density at radius 1 is 1.36 bits per heavy atom. The third kappa shape index (κ3) is 4.03. The van der Waals surface area contributed by atoms with Gasteiger partial charge in [0.1, 0.15) is 5.82 Å². The molecule has 0 aromatic carbocycles. The Labute approximate surface area is 129 Å². The normalized spacial score (nSPS) is 11.3. The minimum Gasteiger partial charge on any atom is -0.234 e. The van der Waals surface area contributed by atoms with Crippen LogP contribution >= 0.6 is 0 Å². The smallest absolute Gasteiger partial charge is 0.153 e. The molecule has 2 aromatic rings. The Balaban J connectivity index is 2.24. The molecule has 2 rings (SSSR count). The molecule has 0 N–H and O–H groups in total. The number of halogens is 1. The summed E-state index contributed by atoms with van der Waals surface area (Å²) in [5.41, 5.74) is 2.55. The van der Waals surface area contributed by atoms with Crippen molar-refractivity contribution in [1.82, 2.24) is 14.8 Å². The van der Waals surface area contributed by atoms with E-state index in [9.17, 15) is 4.39 Å². The zero-order valence-corrected chi connectivity index (χ0v) is 12.5. The Morgan fingerprint density at radius 3 is 2.86 bits per heavy atom. The molecule has 2 heterocycles. The average Bonchev–Trinajstić information content (AvgIpc) is 2.87. The molecule has 0 amide bonds. The summed E-state index contributed by atoms with van der Waals surface area (Å²) in [4.78, 5) is 4.00. The highest BCUT2D eigenvalue weighted by Crippen LogP contribution is 2.09. The van der Waals surface area contributed by atoms with Crippen LogP contribution in [0.2, 0.25) is 0 Å². The fraction of sp³-hybridized carbons (Fsp3) is 0.111. The lowest BCUT2D eigenvalue weighted by atomic mass is 10.2. The van der Waals surface area contributed by atoms with Crippen LogP contribution in [0.25, 0.3) is 5.82 Å². The van der Waals surface area contributed by atoms with E-state index in [0.717, 1.165) is 23.0 Å². The summed E-state index contributed by atoms with van der Waals surface area (Å²) < 4.78 is 14.5. The highest BCUT2D eigenvalue weighted by atomic mass is 19.1. The lowest BCUT2D eigenvalue weighted by Crippen LogP contribution is -1.98. The first-order valence-electron chi connectivity index (χ1n) is 6.76. The van der Waals surface area contributed by atoms with Crippen LogP contribution in [-0.2, 0) is 0 Å². The molecule has 0 aliphatic rings. The van der Waals surface area contributed by atoms with E-state index in [4.69, 9.17) is 0 Å². The standard InChI is InChI=1S/C18H16FN3/c1-4-5-6-7-14(2)8-9-16-13-22(21-15(16)3)18-11-10-17(19)12-20-18/h4-7,10-13H,1H2,2-3H3/b6-5-,14-7+. The predicted molar refractivity (Wildman–Crippen MR) is 86.0 cm³/mol. The van der Waals surface area contributed by atoms with E-state index in [0.29, 0.717) is 5.82 Å². The number of aryl methyl sites for hydroxylation is 1. The molecule has 0 aliphatic heterocycles. The van der Waals surface area contributed by atoms with Crippen LogP contribution in [0, 0.1) is 24.6 Å². The van der Waals surface area contributed by atoms with Crippen molar-refractivity contribution in [2.45, 2.75) is 13.8 Å². The highest BCUT2D eigenvalue weighted by Gasteiger charge is 2.05. The maximum Gasteiger partial charge on any atom is 0.153 e. The van der Waals surface area contributed by atoms with Crippen LogP contribution in [0.4, 0.5) is 4.39 Å². The number of pyridine rings is 1. The van der Waals surface area contributed by atoms with Gasteiger partial charge in [-0.05, 0) is 31.6 Å². The first-order valence-corrected chi connectivity index (χ1v) is 6.76. The third-order valence-corrected chi connectivity index (χ3v) is 2.83. The molecule has 3 nitrogen and oxygen atoms in total. The van der Waals surface area contributed by atoms with E-state index in [1.807, 2.05) is 32.1 Å². The molecule has 0 saturated heterocycles. The summed E-state index contributed by atoms with van der Waals surface area (Å²) in [7, 11) is 0. The van der Waals surface area contributed by atoms with Gasteiger partial charge in [-0.3, -0.25) is 0 Å². The predicted octanol–water partition coefficient (Wildman–Crippen LogP) is 3.75. The fourth-order valence-corrected chi connectivity index (χ4v) is 1.69. The molecule has 0 unspecified atom stereocenters. The molecule has 0 fully saturated rings. The largest absolute Gasteiger partial charge is 0.234 e. The molecule has 0 spiro atoms. The van der Waals surface area contributed by atoms with Gasteiger partial charge in [-0.1, -0.05) is 42.7 Å². The zero-order chi connectivity index (χ0) is 15.9. The summed E-state index contributed by atoms with van der Waals surface area (Å²) in [6.07, 6.45) is 10.3. The molecule has 4 heteroatoms. The highest BCUT2D eigenvalue weighted by molar-refractivity contribution is 5.43. The Hall–Kier alpha value is -2.93. The number of rotatable bonds is 3. The summed E-state index contributed by atoms with van der Waals surface area (Å²) in [5, 5.41) is 4.35. The van der Waals surface area contributed by atoms with Crippen LogP contribution in [0.1, 0.15) is 18.2 Å². The lowest BCUT2D eigenvalue weighted by Gasteiger charge is -1.98. The molecule has 0 radical (unpaired) electrons. The van der Waals surface area contributed by atoms with Gasteiger partial charge < -0.3 is 0 Å². The number of aromatic nitrogens is 3. The van der Waals surface area contributed by atoms with Crippen molar-refractivity contribution in [3.8, 4) is 17.7 Å². The maximum atomic E-state index is 12.9. The summed E-state index contributed by atoms with van der Waals surface area (Å²) >= 11 is 0. The molecule has 0 saturated carbocycles. The monoisotopic (exact) mass is 293 g/mol. The van der Waals surface area contributed by atoms with E-state index in [-0.39, 0.29) is 5.82 Å². The van der Waals surface area contributed by atoms with Gasteiger partial charge >= 0.3 is 0 Å². The minimum absolute atomic E-state index is 0.374. The summed E-state index contributed by atoms with van der Waals surface area (Å²) in [6.45, 7) is 7.42. The van der Waals surface area contributed by atoms with E-state index in [1.54, 1.807) is 23.0 Å². The van der Waals surface area contributed by atoms with E-state index in [2.05, 4.69) is 28.5 Å². The second-order valence-corrected chi connectivity index (χ2v) is 4.63. The van der Waals surface area contributed by atoms with Crippen molar-refractivity contribution >= 4 is 0 Å². The summed E-state index contributed by atoms with van der Waals surface area (Å²) in [5.74, 6) is 6.32. The van der Waals surface area contributed by atoms with E-state index < -0.39 is 0 Å². The van der Waals surface area contributed by atoms with Gasteiger partial charge in [-0.15, -0.1) is 0 Å². The van der Waals surface area contributed by atoms with Crippen molar-refractivity contribution in [3.63, 3.8) is 0 Å². The lowest BCUT2D eigenvalue weighted by molar-refractivity contribution is 0.619. The van der Waals surface area contributed by atoms with Crippen LogP contribution in [0.3, 0.4) is 0 Å². The molecule has 0 aliphatic carbocycles. The molecule has 0 atom stereocenters. The maximum absolute atomic E-state index is 12.9. The molecule has 0 bridgehead atoms. The minimum atomic E-state index is -0.374. The SMILES string of the molecule is C=C/C=C\C=C(/C)C#Cc1cn(-c2ccc(F)cn2)nc1C. The van der Waals surface area contributed by atoms with Gasteiger partial charge in [0.05, 0.1) is 17.5 Å². The van der Waals surface area contributed by atoms with Crippen LogP contribution in [0.5, 0.6) is 0 Å². The van der Waals surface area contributed by atoms with Gasteiger partial charge in [0, 0.05) is 6.20 Å². The Kier molecular flexibility index (Phi) is 5.05. The molecule has 22 heavy (non-hydrogen) atoms. The Bertz CT molecular complexity index is 784. The number of hydrogen-bond acceptors (Lipinski definition) is 2. The van der Waals surface area contributed by atoms with Gasteiger partial charge in [0.2, 0.25) is 0 Å². The van der Waals surface area contributed by atoms with Crippen LogP contribution in [0.15, 0.2) is 61.0 Å². The van der Waals surface area contributed by atoms with E-state index in [1.165, 1.54) is 6.07 Å². The van der Waals surface area contributed by atoms with Gasteiger partial charge in [0.15, 0.2) is 5.82 Å². The number of allylic oxidation sites excluding steroid dienone is 5. The zero-order valence-electron chi connectivity index (χ0n) is 12.5. The molecule has 110 valence electrons. The average molecular weight is 293 g/mol. The van der Waals surface area contributed by atoms with Crippen molar-refractivity contribution < 1.29 is 4.39 Å². The number of hydrogen-bond donors (Lipinski definition) is 0. The van der Waals surface area contributed by atoms with E-state index >= 15 is 0 Å². The van der Waals surface area contributed by atoms with Crippen molar-refractivity contribution in [3.05, 3.63) is 78.1 Å². The van der Waals surface area contributed by atoms with Crippen LogP contribution < -0.4 is 0 Å². The first-order chi connectivity index (χ1) is 10.6. The molecular formula is C18H16FN3. The summed E-state index contributed by atoms with van der Waals surface area (Å²) in [6, 6.07) is 2.92. The first kappa shape index (κ1) is 15.5. The van der Waals surface area contributed by atoms with Gasteiger partial charge in [-0.25, -0.2) is 14.1 Å². The number of nitrogens with zero attached hydrogens (tertiary/aromatic N) is 3. The fourth-order valence-electron chi connectivity index (χ4n) is 1.69. The van der Waals surface area contributed by atoms with Gasteiger partial charge in [0.25, 0.3) is 0 Å². The quantitative estimate of drug-likeness (QED) is 0.637. The van der Waals surface area contributed by atoms with Gasteiger partial charge in [-0.2, -0.15) is 5.10 Å². The second-order valence-electron chi connectivity index (χ2n) is 4.63. The third-order valence-electron chi connectivity index (χ3n) is 2.83. The second kappa shape index (κ2) is 7.19. The molecule has 2 aromatic heterocycles. The molecular weight excluding hydrogens is 277 g/mol. The van der Waals surface area contributed by atoms with Crippen molar-refractivity contribution in [2.24, 2.45) is 0 Å². The van der Waals surface area contributed by atoms with Crippen molar-refractivity contribution in [2.75, 3.05) is 0 Å². The van der Waals surface area contributed by atoms with Crippen molar-refractivity contribution in [1.29, 1.82) is 0 Å².